The first kappa shape index (κ1) is 15.4. The number of hydrogen-bond acceptors (Lipinski definition) is 5. The Morgan fingerprint density at radius 2 is 1.96 bits per heavy atom. The molecule has 0 aromatic carbocycles. The van der Waals surface area contributed by atoms with Crippen LogP contribution in [0, 0.1) is 5.92 Å². The number of rotatable bonds is 4. The van der Waals surface area contributed by atoms with Crippen LogP contribution in [0.1, 0.15) is 23.2 Å². The number of piperidine rings is 1. The fourth-order valence-electron chi connectivity index (χ4n) is 2.77. The molecule has 0 atom stereocenters. The molecule has 6 heteroatoms. The Kier molecular flexibility index (Phi) is 4.83. The van der Waals surface area contributed by atoms with Gasteiger partial charge in [-0.25, -0.2) is 4.98 Å². The lowest BCUT2D eigenvalue weighted by Crippen LogP contribution is -2.35. The topological polar surface area (TPSA) is 78.4 Å². The van der Waals surface area contributed by atoms with Crippen LogP contribution in [-0.4, -0.2) is 40.7 Å². The molecule has 3 rings (SSSR count). The van der Waals surface area contributed by atoms with E-state index in [1.165, 1.54) is 0 Å². The smallest absolute Gasteiger partial charge is 0.255 e. The molecular weight excluding hydrogens is 292 g/mol. The van der Waals surface area contributed by atoms with Gasteiger partial charge in [-0.1, -0.05) is 0 Å². The molecule has 0 unspecified atom stereocenters. The molecule has 1 saturated heterocycles. The highest BCUT2D eigenvalue weighted by Gasteiger charge is 2.22. The maximum absolute atomic E-state index is 12.3. The number of carbonyl (C=O) groups is 1. The maximum atomic E-state index is 12.3. The summed E-state index contributed by atoms with van der Waals surface area (Å²) in [4.78, 5) is 22.8. The van der Waals surface area contributed by atoms with Crippen molar-refractivity contribution in [3.8, 4) is 0 Å². The molecule has 0 bridgehead atoms. The molecule has 23 heavy (non-hydrogen) atoms. The number of aliphatic hydroxyl groups excluding tert-OH is 1. The highest BCUT2D eigenvalue weighted by Crippen LogP contribution is 2.27. The zero-order valence-electron chi connectivity index (χ0n) is 12.9. The third kappa shape index (κ3) is 3.65. The van der Waals surface area contributed by atoms with Gasteiger partial charge in [-0.15, -0.1) is 0 Å². The first-order valence-electron chi connectivity index (χ1n) is 7.80. The molecule has 1 aliphatic heterocycles. The lowest BCUT2D eigenvalue weighted by atomic mass is 9.98. The van der Waals surface area contributed by atoms with Crippen molar-refractivity contribution in [3.05, 3.63) is 48.4 Å². The molecule has 1 aliphatic rings. The zero-order chi connectivity index (χ0) is 16.1. The van der Waals surface area contributed by atoms with Crippen LogP contribution in [0.5, 0.6) is 0 Å². The summed E-state index contributed by atoms with van der Waals surface area (Å²) in [5, 5.41) is 12.2. The Labute approximate surface area is 135 Å². The van der Waals surface area contributed by atoms with Crippen molar-refractivity contribution >= 4 is 17.4 Å². The molecule has 0 aliphatic carbocycles. The number of amides is 1. The summed E-state index contributed by atoms with van der Waals surface area (Å²) in [7, 11) is 0. The van der Waals surface area contributed by atoms with Gasteiger partial charge in [0.15, 0.2) is 5.82 Å². The van der Waals surface area contributed by atoms with E-state index in [1.54, 1.807) is 30.7 Å². The normalized spacial score (nSPS) is 15.4. The minimum Gasteiger partial charge on any atom is -0.396 e. The third-order valence-electron chi connectivity index (χ3n) is 4.15. The van der Waals surface area contributed by atoms with Crippen LogP contribution < -0.4 is 10.2 Å². The lowest BCUT2D eigenvalue weighted by Gasteiger charge is -2.33. The van der Waals surface area contributed by atoms with E-state index >= 15 is 0 Å². The van der Waals surface area contributed by atoms with E-state index in [1.807, 2.05) is 12.1 Å². The van der Waals surface area contributed by atoms with Crippen LogP contribution in [0.4, 0.5) is 11.5 Å². The third-order valence-corrected chi connectivity index (χ3v) is 4.15. The number of nitrogens with zero attached hydrogens (tertiary/aromatic N) is 3. The number of anilines is 2. The summed E-state index contributed by atoms with van der Waals surface area (Å²) in [6.07, 6.45) is 6.79. The Hall–Kier alpha value is -2.47. The van der Waals surface area contributed by atoms with Crippen molar-refractivity contribution in [3.63, 3.8) is 0 Å². The second-order valence-corrected chi connectivity index (χ2v) is 5.68. The van der Waals surface area contributed by atoms with Crippen LogP contribution in [0.2, 0.25) is 0 Å². The highest BCUT2D eigenvalue weighted by molar-refractivity contribution is 6.05. The van der Waals surface area contributed by atoms with E-state index in [2.05, 4.69) is 20.2 Å². The SMILES string of the molecule is O=C(Nc1cccnc1N1CCC(CO)CC1)c1ccncc1. The molecule has 120 valence electrons. The fraction of sp³-hybridized carbons (Fsp3) is 0.353. The van der Waals surface area contributed by atoms with Crippen molar-refractivity contribution in [1.82, 2.24) is 9.97 Å². The van der Waals surface area contributed by atoms with Gasteiger partial charge in [0.25, 0.3) is 5.91 Å². The van der Waals surface area contributed by atoms with Gasteiger partial charge >= 0.3 is 0 Å². The highest BCUT2D eigenvalue weighted by atomic mass is 16.3. The van der Waals surface area contributed by atoms with Gasteiger partial charge in [-0.2, -0.15) is 0 Å². The molecule has 0 saturated carbocycles. The predicted octanol–water partition coefficient (Wildman–Crippen LogP) is 1.94. The Bertz CT molecular complexity index is 655. The second kappa shape index (κ2) is 7.19. The van der Waals surface area contributed by atoms with E-state index in [0.29, 0.717) is 17.2 Å². The fourth-order valence-corrected chi connectivity index (χ4v) is 2.77. The summed E-state index contributed by atoms with van der Waals surface area (Å²) in [6, 6.07) is 7.03. The van der Waals surface area contributed by atoms with Crippen LogP contribution in [0.25, 0.3) is 0 Å². The van der Waals surface area contributed by atoms with Crippen LogP contribution >= 0.6 is 0 Å². The Morgan fingerprint density at radius 3 is 2.65 bits per heavy atom. The van der Waals surface area contributed by atoms with Gasteiger partial charge in [0.05, 0.1) is 5.69 Å². The van der Waals surface area contributed by atoms with Gasteiger partial charge in [-0.05, 0) is 43.0 Å². The van der Waals surface area contributed by atoms with Crippen LogP contribution in [-0.2, 0) is 0 Å². The molecule has 2 aromatic heterocycles. The summed E-state index contributed by atoms with van der Waals surface area (Å²) in [6.45, 7) is 1.91. The molecule has 1 fully saturated rings. The molecule has 6 nitrogen and oxygen atoms in total. The summed E-state index contributed by atoms with van der Waals surface area (Å²) in [5.74, 6) is 0.975. The van der Waals surface area contributed by atoms with Crippen molar-refractivity contribution < 1.29 is 9.90 Å². The average Bonchev–Trinajstić information content (AvgIpc) is 2.63. The largest absolute Gasteiger partial charge is 0.396 e. The van der Waals surface area contributed by atoms with E-state index in [-0.39, 0.29) is 12.5 Å². The Balaban J connectivity index is 1.75. The summed E-state index contributed by atoms with van der Waals surface area (Å²) < 4.78 is 0. The molecule has 3 heterocycles. The van der Waals surface area contributed by atoms with Crippen molar-refractivity contribution in [2.75, 3.05) is 29.9 Å². The van der Waals surface area contributed by atoms with Crippen molar-refractivity contribution in [1.29, 1.82) is 0 Å². The van der Waals surface area contributed by atoms with Crippen molar-refractivity contribution in [2.45, 2.75) is 12.8 Å². The molecular formula is C17H20N4O2. The molecule has 0 radical (unpaired) electrons. The van der Waals surface area contributed by atoms with E-state index < -0.39 is 0 Å². The molecule has 2 aromatic rings. The number of pyridine rings is 2. The van der Waals surface area contributed by atoms with Gasteiger partial charge < -0.3 is 15.3 Å². The van der Waals surface area contributed by atoms with Gasteiger partial charge in [0, 0.05) is 43.9 Å². The van der Waals surface area contributed by atoms with E-state index in [4.69, 9.17) is 0 Å². The minimum absolute atomic E-state index is 0.174. The number of hydrogen-bond donors (Lipinski definition) is 2. The number of aromatic nitrogens is 2. The molecule has 2 N–H and O–H groups in total. The maximum Gasteiger partial charge on any atom is 0.255 e. The first-order chi connectivity index (χ1) is 11.3. The van der Waals surface area contributed by atoms with Gasteiger partial charge in [-0.3, -0.25) is 9.78 Å². The van der Waals surface area contributed by atoms with Gasteiger partial charge in [0.2, 0.25) is 0 Å². The number of nitrogens with one attached hydrogen (secondary N) is 1. The lowest BCUT2D eigenvalue weighted by molar-refractivity contribution is 0.102. The average molecular weight is 312 g/mol. The van der Waals surface area contributed by atoms with Crippen LogP contribution in [0.3, 0.4) is 0 Å². The quantitative estimate of drug-likeness (QED) is 0.902. The summed E-state index contributed by atoms with van der Waals surface area (Å²) >= 11 is 0. The van der Waals surface area contributed by atoms with Crippen molar-refractivity contribution in [2.24, 2.45) is 5.92 Å². The number of aliphatic hydroxyl groups is 1. The number of carbonyl (C=O) groups excluding carboxylic acids is 1. The monoisotopic (exact) mass is 312 g/mol. The van der Waals surface area contributed by atoms with Crippen LogP contribution in [0.15, 0.2) is 42.9 Å². The van der Waals surface area contributed by atoms with E-state index in [0.717, 1.165) is 31.7 Å². The summed E-state index contributed by atoms with van der Waals surface area (Å²) in [5.41, 5.74) is 1.27. The molecule has 1 amide bonds. The predicted molar refractivity (Wildman–Crippen MR) is 88.5 cm³/mol. The first-order valence-corrected chi connectivity index (χ1v) is 7.80. The standard InChI is InChI=1S/C17H20N4O2/c22-12-13-5-10-21(11-6-13)16-15(2-1-7-19-16)20-17(23)14-3-8-18-9-4-14/h1-4,7-9,13,22H,5-6,10-12H2,(H,20,23). The molecule has 0 spiro atoms. The minimum atomic E-state index is -0.174. The van der Waals surface area contributed by atoms with Gasteiger partial charge in [0.1, 0.15) is 0 Å². The second-order valence-electron chi connectivity index (χ2n) is 5.68. The van der Waals surface area contributed by atoms with E-state index in [9.17, 15) is 9.90 Å². The Morgan fingerprint density at radius 1 is 1.22 bits per heavy atom. The zero-order valence-corrected chi connectivity index (χ0v) is 12.9.